The van der Waals surface area contributed by atoms with Crippen LogP contribution in [0.5, 0.6) is 0 Å². The number of nitro benzene ring substituents is 1. The van der Waals surface area contributed by atoms with Crippen LogP contribution in [0.2, 0.25) is 0 Å². The van der Waals surface area contributed by atoms with E-state index in [1.807, 2.05) is 0 Å². The average molecular weight is 347 g/mol. The number of fused-ring (bicyclic) bond motifs is 1. The number of nitrogens with one attached hydrogen (secondary N) is 1. The first-order valence-electron chi connectivity index (χ1n) is 6.19. The van der Waals surface area contributed by atoms with E-state index in [0.717, 1.165) is 0 Å². The summed E-state index contributed by atoms with van der Waals surface area (Å²) in [7, 11) is -3.79. The lowest BCUT2D eigenvalue weighted by Gasteiger charge is -2.08. The quantitative estimate of drug-likeness (QED) is 0.459. The van der Waals surface area contributed by atoms with Crippen LogP contribution in [0.4, 0.5) is 5.69 Å². The highest BCUT2D eigenvalue weighted by atomic mass is 35.5. The lowest BCUT2D eigenvalue weighted by Crippen LogP contribution is -2.26. The van der Waals surface area contributed by atoms with Gasteiger partial charge in [0.05, 0.1) is 15.8 Å². The molecular formula is C12H15ClN4O4S. The first-order chi connectivity index (χ1) is 9.97. The lowest BCUT2D eigenvalue weighted by atomic mass is 10.2. The number of hydrogen-bond acceptors (Lipinski definition) is 6. The van der Waals surface area contributed by atoms with Gasteiger partial charge in [-0.05, 0) is 31.2 Å². The zero-order valence-corrected chi connectivity index (χ0v) is 13.1. The summed E-state index contributed by atoms with van der Waals surface area (Å²) < 4.78 is 26.9. The molecule has 0 radical (unpaired) electrons. The van der Waals surface area contributed by atoms with Gasteiger partial charge in [0.1, 0.15) is 4.90 Å². The number of pyridine rings is 1. The Morgan fingerprint density at radius 2 is 2.05 bits per heavy atom. The number of non-ortho nitro benzene ring substituents is 1. The molecule has 10 heteroatoms. The maximum Gasteiger partial charge on any atom is 0.278 e. The molecule has 1 aromatic heterocycles. The number of hydrogen-bond donors (Lipinski definition) is 2. The normalized spacial score (nSPS) is 11.1. The molecule has 0 saturated heterocycles. The summed E-state index contributed by atoms with van der Waals surface area (Å²) in [5, 5.41) is 11.2. The van der Waals surface area contributed by atoms with Gasteiger partial charge in [-0.25, -0.2) is 13.1 Å². The number of nitro groups is 1. The van der Waals surface area contributed by atoms with Crippen LogP contribution in [0.15, 0.2) is 35.4 Å². The molecular weight excluding hydrogens is 332 g/mol. The van der Waals surface area contributed by atoms with Crippen LogP contribution in [0.25, 0.3) is 10.9 Å². The maximum absolute atomic E-state index is 12.2. The standard InChI is InChI=1S/C12H14N4O4S.ClH/c13-6-2-8-15-21(19,20)11-5-4-10(16(17)18)9-3-1-7-14-12(9)11;/h1,3-5,7,15H,2,6,8,13H2;1H. The van der Waals surface area contributed by atoms with Gasteiger partial charge in [-0.3, -0.25) is 15.1 Å². The first-order valence-corrected chi connectivity index (χ1v) is 7.67. The molecule has 0 amide bonds. The molecule has 0 spiro atoms. The van der Waals surface area contributed by atoms with Crippen LogP contribution in [-0.2, 0) is 10.0 Å². The van der Waals surface area contributed by atoms with Crippen molar-refractivity contribution >= 4 is 39.0 Å². The van der Waals surface area contributed by atoms with Gasteiger partial charge in [-0.2, -0.15) is 0 Å². The monoisotopic (exact) mass is 346 g/mol. The Kier molecular flexibility index (Phi) is 6.18. The zero-order chi connectivity index (χ0) is 15.5. The summed E-state index contributed by atoms with van der Waals surface area (Å²) in [6, 6.07) is 5.35. The average Bonchev–Trinajstić information content (AvgIpc) is 2.46. The lowest BCUT2D eigenvalue weighted by molar-refractivity contribution is -0.383. The van der Waals surface area contributed by atoms with E-state index in [1.165, 1.54) is 30.5 Å². The summed E-state index contributed by atoms with van der Waals surface area (Å²) >= 11 is 0. The van der Waals surface area contributed by atoms with Crippen LogP contribution in [0, 0.1) is 10.1 Å². The van der Waals surface area contributed by atoms with E-state index in [0.29, 0.717) is 13.0 Å². The number of sulfonamides is 1. The maximum atomic E-state index is 12.2. The fraction of sp³-hybridized carbons (Fsp3) is 0.250. The van der Waals surface area contributed by atoms with Gasteiger partial charge in [-0.15, -0.1) is 12.4 Å². The molecule has 120 valence electrons. The molecule has 0 aliphatic carbocycles. The van der Waals surface area contributed by atoms with Crippen molar-refractivity contribution in [1.29, 1.82) is 0 Å². The van der Waals surface area contributed by atoms with Gasteiger partial charge in [0.15, 0.2) is 0 Å². The summed E-state index contributed by atoms with van der Waals surface area (Å²) in [4.78, 5) is 14.3. The van der Waals surface area contributed by atoms with Crippen molar-refractivity contribution in [2.24, 2.45) is 5.73 Å². The van der Waals surface area contributed by atoms with Gasteiger partial charge in [0.25, 0.3) is 5.69 Å². The predicted octanol–water partition coefficient (Wildman–Crippen LogP) is 1.19. The number of nitrogens with two attached hydrogens (primary N) is 1. The van der Waals surface area contributed by atoms with Crippen molar-refractivity contribution in [2.45, 2.75) is 11.3 Å². The minimum atomic E-state index is -3.79. The van der Waals surface area contributed by atoms with E-state index in [9.17, 15) is 18.5 Å². The predicted molar refractivity (Wildman–Crippen MR) is 84.5 cm³/mol. The topological polar surface area (TPSA) is 128 Å². The van der Waals surface area contributed by atoms with Crippen molar-refractivity contribution in [3.05, 3.63) is 40.6 Å². The molecule has 2 rings (SSSR count). The van der Waals surface area contributed by atoms with Crippen molar-refractivity contribution in [2.75, 3.05) is 13.1 Å². The van der Waals surface area contributed by atoms with Gasteiger partial charge < -0.3 is 5.73 Å². The van der Waals surface area contributed by atoms with E-state index >= 15 is 0 Å². The fourth-order valence-corrected chi connectivity index (χ4v) is 3.13. The Morgan fingerprint density at radius 1 is 1.32 bits per heavy atom. The molecule has 0 unspecified atom stereocenters. The van der Waals surface area contributed by atoms with Crippen LogP contribution in [-0.4, -0.2) is 31.4 Å². The molecule has 22 heavy (non-hydrogen) atoms. The molecule has 0 fully saturated rings. The minimum absolute atomic E-state index is 0. The molecule has 2 aromatic rings. The highest BCUT2D eigenvalue weighted by molar-refractivity contribution is 7.89. The molecule has 0 atom stereocenters. The van der Waals surface area contributed by atoms with E-state index in [4.69, 9.17) is 5.73 Å². The van der Waals surface area contributed by atoms with Crippen LogP contribution < -0.4 is 10.5 Å². The minimum Gasteiger partial charge on any atom is -0.330 e. The molecule has 1 aromatic carbocycles. The highest BCUT2D eigenvalue weighted by Gasteiger charge is 2.22. The Hall–Kier alpha value is -1.81. The van der Waals surface area contributed by atoms with Crippen molar-refractivity contribution < 1.29 is 13.3 Å². The summed E-state index contributed by atoms with van der Waals surface area (Å²) in [6.45, 7) is 0.561. The van der Waals surface area contributed by atoms with Crippen LogP contribution in [0.1, 0.15) is 6.42 Å². The van der Waals surface area contributed by atoms with E-state index in [1.54, 1.807) is 0 Å². The van der Waals surface area contributed by atoms with Gasteiger partial charge in [0.2, 0.25) is 10.0 Å². The summed E-state index contributed by atoms with van der Waals surface area (Å²) in [5.74, 6) is 0. The van der Waals surface area contributed by atoms with E-state index < -0.39 is 14.9 Å². The molecule has 8 nitrogen and oxygen atoms in total. The molecule has 0 aliphatic heterocycles. The van der Waals surface area contributed by atoms with Gasteiger partial charge >= 0.3 is 0 Å². The third-order valence-electron chi connectivity index (χ3n) is 2.87. The highest BCUT2D eigenvalue weighted by Crippen LogP contribution is 2.29. The number of benzene rings is 1. The van der Waals surface area contributed by atoms with E-state index in [-0.39, 0.29) is 40.4 Å². The third-order valence-corrected chi connectivity index (χ3v) is 4.36. The first kappa shape index (κ1) is 18.2. The number of aromatic nitrogens is 1. The Bertz CT molecular complexity index is 782. The number of nitrogens with zero attached hydrogens (tertiary/aromatic N) is 2. The molecule has 0 saturated carbocycles. The van der Waals surface area contributed by atoms with Gasteiger partial charge in [0, 0.05) is 18.8 Å². The smallest absolute Gasteiger partial charge is 0.278 e. The van der Waals surface area contributed by atoms with Crippen molar-refractivity contribution in [3.63, 3.8) is 0 Å². The molecule has 3 N–H and O–H groups in total. The van der Waals surface area contributed by atoms with Crippen LogP contribution in [0.3, 0.4) is 0 Å². The molecule has 0 aliphatic rings. The summed E-state index contributed by atoms with van der Waals surface area (Å²) in [6.07, 6.45) is 1.89. The number of halogens is 1. The Morgan fingerprint density at radius 3 is 2.68 bits per heavy atom. The van der Waals surface area contributed by atoms with E-state index in [2.05, 4.69) is 9.71 Å². The third kappa shape index (κ3) is 3.69. The second-order valence-electron chi connectivity index (χ2n) is 4.28. The number of rotatable bonds is 6. The van der Waals surface area contributed by atoms with Crippen molar-refractivity contribution in [1.82, 2.24) is 9.71 Å². The largest absolute Gasteiger partial charge is 0.330 e. The Labute approximate surface area is 133 Å². The van der Waals surface area contributed by atoms with Crippen molar-refractivity contribution in [3.8, 4) is 0 Å². The van der Waals surface area contributed by atoms with Gasteiger partial charge in [-0.1, -0.05) is 0 Å². The SMILES string of the molecule is Cl.NCCCNS(=O)(=O)c1ccc([N+](=O)[O-])c2cccnc12. The fourth-order valence-electron chi connectivity index (χ4n) is 1.89. The molecule has 0 bridgehead atoms. The van der Waals surface area contributed by atoms with Crippen LogP contribution >= 0.6 is 12.4 Å². The molecule has 1 heterocycles. The summed E-state index contributed by atoms with van der Waals surface area (Å²) in [5.41, 5.74) is 5.21. The zero-order valence-electron chi connectivity index (χ0n) is 11.4. The second kappa shape index (κ2) is 7.45. The Balaban J connectivity index is 0.00000242. The second-order valence-corrected chi connectivity index (χ2v) is 6.01.